The van der Waals surface area contributed by atoms with Crippen LogP contribution in [0.3, 0.4) is 0 Å². The largest absolute Gasteiger partial charge is 0.357 e. The Balaban J connectivity index is 1.86. The van der Waals surface area contributed by atoms with Crippen molar-refractivity contribution in [3.63, 3.8) is 0 Å². The average molecular weight is 293 g/mol. The van der Waals surface area contributed by atoms with Crippen molar-refractivity contribution < 1.29 is 0 Å². The van der Waals surface area contributed by atoms with Crippen LogP contribution in [-0.2, 0) is 12.8 Å². The Bertz CT molecular complexity index is 618. The lowest BCUT2D eigenvalue weighted by molar-refractivity contribution is 0.907. The van der Waals surface area contributed by atoms with Gasteiger partial charge in [0.15, 0.2) is 5.16 Å². The Hall–Kier alpha value is -1.33. The van der Waals surface area contributed by atoms with Crippen LogP contribution in [0.25, 0.3) is 0 Å². The number of anilines is 1. The molecule has 1 aliphatic rings. The highest BCUT2D eigenvalue weighted by atomic mass is 35.5. The number of nitrogens with zero attached hydrogens (tertiary/aromatic N) is 3. The van der Waals surface area contributed by atoms with Crippen molar-refractivity contribution in [3.8, 4) is 0 Å². The molecule has 19 heavy (non-hydrogen) atoms. The van der Waals surface area contributed by atoms with Gasteiger partial charge in [-0.05, 0) is 65.9 Å². The molecule has 1 aliphatic carbocycles. The lowest BCUT2D eigenvalue weighted by atomic mass is 10.1. The van der Waals surface area contributed by atoms with Gasteiger partial charge < -0.3 is 5.32 Å². The van der Waals surface area contributed by atoms with Gasteiger partial charge >= 0.3 is 0 Å². The minimum absolute atomic E-state index is 0.211. The van der Waals surface area contributed by atoms with Crippen molar-refractivity contribution >= 4 is 29.3 Å². The van der Waals surface area contributed by atoms with E-state index in [-0.39, 0.29) is 5.28 Å². The van der Waals surface area contributed by atoms with E-state index in [1.165, 1.54) is 42.2 Å². The van der Waals surface area contributed by atoms with Gasteiger partial charge in [0.25, 0.3) is 0 Å². The molecule has 1 aromatic carbocycles. The number of aryl methyl sites for hydroxylation is 2. The van der Waals surface area contributed by atoms with Gasteiger partial charge in [0.1, 0.15) is 0 Å². The van der Waals surface area contributed by atoms with Gasteiger partial charge in [0.2, 0.25) is 11.2 Å². The second-order valence-electron chi connectivity index (χ2n) is 4.35. The number of rotatable bonds is 3. The minimum atomic E-state index is 0.211. The number of hydrogen-bond donors (Lipinski definition) is 1. The normalized spacial score (nSPS) is 13.4. The number of hydrogen-bond acceptors (Lipinski definition) is 5. The van der Waals surface area contributed by atoms with Gasteiger partial charge in [0.05, 0.1) is 0 Å². The molecule has 4 nitrogen and oxygen atoms in total. The van der Waals surface area contributed by atoms with Crippen molar-refractivity contribution in [2.24, 2.45) is 0 Å². The Morgan fingerprint density at radius 2 is 2.00 bits per heavy atom. The van der Waals surface area contributed by atoms with Crippen LogP contribution in [0.15, 0.2) is 28.3 Å². The summed E-state index contributed by atoms with van der Waals surface area (Å²) in [6.45, 7) is 0. The van der Waals surface area contributed by atoms with E-state index >= 15 is 0 Å². The fourth-order valence-corrected chi connectivity index (χ4v) is 3.23. The van der Waals surface area contributed by atoms with E-state index in [2.05, 4.69) is 38.5 Å². The Kier molecular flexibility index (Phi) is 3.57. The minimum Gasteiger partial charge on any atom is -0.357 e. The third-order valence-corrected chi connectivity index (χ3v) is 4.11. The highest BCUT2D eigenvalue weighted by Gasteiger charge is 2.12. The van der Waals surface area contributed by atoms with Crippen molar-refractivity contribution in [2.75, 3.05) is 12.4 Å². The number of benzene rings is 1. The lowest BCUT2D eigenvalue weighted by Crippen LogP contribution is -1.99. The predicted molar refractivity (Wildman–Crippen MR) is 77.0 cm³/mol. The van der Waals surface area contributed by atoms with E-state index in [9.17, 15) is 0 Å². The van der Waals surface area contributed by atoms with Gasteiger partial charge in [-0.1, -0.05) is 6.07 Å². The molecule has 6 heteroatoms. The molecule has 0 spiro atoms. The molecule has 0 unspecified atom stereocenters. The fraction of sp³-hybridized carbons (Fsp3) is 0.308. The third kappa shape index (κ3) is 2.82. The van der Waals surface area contributed by atoms with Gasteiger partial charge in [-0.25, -0.2) is 0 Å². The monoisotopic (exact) mass is 292 g/mol. The molecule has 1 N–H and O–H groups in total. The van der Waals surface area contributed by atoms with E-state index in [4.69, 9.17) is 11.6 Å². The first kappa shape index (κ1) is 12.7. The number of halogens is 1. The van der Waals surface area contributed by atoms with E-state index in [1.807, 2.05) is 0 Å². The third-order valence-electron chi connectivity index (χ3n) is 3.09. The maximum absolute atomic E-state index is 5.87. The van der Waals surface area contributed by atoms with Gasteiger partial charge in [-0.3, -0.25) is 0 Å². The van der Waals surface area contributed by atoms with Crippen LogP contribution >= 0.6 is 23.4 Å². The molecule has 0 saturated carbocycles. The summed E-state index contributed by atoms with van der Waals surface area (Å²) < 4.78 is 0. The zero-order valence-corrected chi connectivity index (χ0v) is 12.1. The van der Waals surface area contributed by atoms with Crippen LogP contribution in [0.4, 0.5) is 5.95 Å². The molecule has 2 aromatic rings. The van der Waals surface area contributed by atoms with Crippen LogP contribution in [0, 0.1) is 0 Å². The molecule has 0 atom stereocenters. The molecule has 3 rings (SSSR count). The summed E-state index contributed by atoms with van der Waals surface area (Å²) in [7, 11) is 1.76. The Labute approximate surface area is 121 Å². The zero-order valence-electron chi connectivity index (χ0n) is 10.5. The van der Waals surface area contributed by atoms with Gasteiger partial charge in [-0.2, -0.15) is 15.0 Å². The number of aromatic nitrogens is 3. The standard InChI is InChI=1S/C13H13ClN4S/c1-15-12-16-11(14)17-13(18-12)19-10-6-5-8-3-2-4-9(8)7-10/h5-7H,2-4H2,1H3,(H,15,16,17,18). The smallest absolute Gasteiger partial charge is 0.228 e. The molecule has 1 heterocycles. The summed E-state index contributed by atoms with van der Waals surface area (Å²) >= 11 is 7.38. The molecule has 0 saturated heterocycles. The van der Waals surface area contributed by atoms with Crippen LogP contribution in [0.2, 0.25) is 5.28 Å². The summed E-state index contributed by atoms with van der Waals surface area (Å²) in [5, 5.41) is 3.70. The molecule has 0 radical (unpaired) electrons. The van der Waals surface area contributed by atoms with E-state index < -0.39 is 0 Å². The number of nitrogens with one attached hydrogen (secondary N) is 1. The van der Waals surface area contributed by atoms with Crippen molar-refractivity contribution in [1.82, 2.24) is 15.0 Å². The maximum Gasteiger partial charge on any atom is 0.228 e. The molecular weight excluding hydrogens is 280 g/mol. The molecule has 0 aliphatic heterocycles. The predicted octanol–water partition coefficient (Wildman–Crippen LogP) is 3.21. The molecular formula is C13H13ClN4S. The van der Waals surface area contributed by atoms with E-state index in [0.717, 1.165) is 4.90 Å². The summed E-state index contributed by atoms with van der Waals surface area (Å²) in [4.78, 5) is 13.5. The van der Waals surface area contributed by atoms with Crippen molar-refractivity contribution in [1.29, 1.82) is 0 Å². The SMILES string of the molecule is CNc1nc(Cl)nc(Sc2ccc3c(c2)CCC3)n1. The molecule has 0 amide bonds. The second-order valence-corrected chi connectivity index (χ2v) is 5.73. The van der Waals surface area contributed by atoms with Crippen LogP contribution in [-0.4, -0.2) is 22.0 Å². The van der Waals surface area contributed by atoms with Gasteiger partial charge in [0, 0.05) is 11.9 Å². The lowest BCUT2D eigenvalue weighted by Gasteiger charge is -2.05. The summed E-state index contributed by atoms with van der Waals surface area (Å²) in [6, 6.07) is 6.54. The Morgan fingerprint density at radius 1 is 1.16 bits per heavy atom. The van der Waals surface area contributed by atoms with E-state index in [0.29, 0.717) is 11.1 Å². The summed E-state index contributed by atoms with van der Waals surface area (Å²) in [5.74, 6) is 0.490. The fourth-order valence-electron chi connectivity index (χ4n) is 2.21. The highest BCUT2D eigenvalue weighted by Crippen LogP contribution is 2.30. The van der Waals surface area contributed by atoms with Crippen LogP contribution < -0.4 is 5.32 Å². The molecule has 98 valence electrons. The summed E-state index contributed by atoms with van der Waals surface area (Å²) in [6.07, 6.45) is 3.62. The highest BCUT2D eigenvalue weighted by molar-refractivity contribution is 7.99. The average Bonchev–Trinajstić information content (AvgIpc) is 2.85. The van der Waals surface area contributed by atoms with Crippen molar-refractivity contribution in [2.45, 2.75) is 29.3 Å². The number of fused-ring (bicyclic) bond motifs is 1. The zero-order chi connectivity index (χ0) is 13.2. The van der Waals surface area contributed by atoms with Crippen LogP contribution in [0.1, 0.15) is 17.5 Å². The first-order valence-corrected chi connectivity index (χ1v) is 7.33. The summed E-state index contributed by atoms with van der Waals surface area (Å²) in [5.41, 5.74) is 2.91. The van der Waals surface area contributed by atoms with Crippen LogP contribution in [0.5, 0.6) is 0 Å². The van der Waals surface area contributed by atoms with Gasteiger partial charge in [-0.15, -0.1) is 0 Å². The first-order valence-electron chi connectivity index (χ1n) is 6.13. The first-order chi connectivity index (χ1) is 9.24. The Morgan fingerprint density at radius 3 is 2.84 bits per heavy atom. The molecule has 1 aromatic heterocycles. The maximum atomic E-state index is 5.87. The molecule has 0 fully saturated rings. The second kappa shape index (κ2) is 5.35. The molecule has 0 bridgehead atoms. The van der Waals surface area contributed by atoms with E-state index in [1.54, 1.807) is 7.05 Å². The topological polar surface area (TPSA) is 50.7 Å². The quantitative estimate of drug-likeness (QED) is 0.941. The van der Waals surface area contributed by atoms with Crippen molar-refractivity contribution in [3.05, 3.63) is 34.6 Å².